The van der Waals surface area contributed by atoms with Crippen LogP contribution in [0.5, 0.6) is 0 Å². The highest BCUT2D eigenvalue weighted by Gasteiger charge is 2.17. The molecule has 0 bridgehead atoms. The standard InChI is InChI=1S/C20H26ClP/c1-19(2,3)15-7-11-17(12-8-15)22(21)18-13-9-16(10-14-18)20(4,5)6/h7-14H,1-6H3. The first-order valence-electron chi connectivity index (χ1n) is 7.76. The third-order valence-corrected chi connectivity index (χ3v) is 6.59. The van der Waals surface area contributed by atoms with Crippen molar-refractivity contribution < 1.29 is 0 Å². The van der Waals surface area contributed by atoms with Crippen LogP contribution in [0, 0.1) is 0 Å². The topological polar surface area (TPSA) is 0 Å². The first-order chi connectivity index (χ1) is 10.1. The molecule has 0 aliphatic rings. The number of hydrogen-bond donors (Lipinski definition) is 0. The Morgan fingerprint density at radius 3 is 1.09 bits per heavy atom. The lowest BCUT2D eigenvalue weighted by molar-refractivity contribution is 0.590. The van der Waals surface area contributed by atoms with E-state index in [-0.39, 0.29) is 10.8 Å². The zero-order valence-corrected chi connectivity index (χ0v) is 16.1. The van der Waals surface area contributed by atoms with E-state index in [1.165, 1.54) is 21.7 Å². The Hall–Kier alpha value is -0.840. The van der Waals surface area contributed by atoms with Crippen LogP contribution in [0.25, 0.3) is 0 Å². The van der Waals surface area contributed by atoms with Gasteiger partial charge in [0, 0.05) is 0 Å². The van der Waals surface area contributed by atoms with Crippen molar-refractivity contribution in [3.05, 3.63) is 59.7 Å². The van der Waals surface area contributed by atoms with Gasteiger partial charge in [0.25, 0.3) is 0 Å². The van der Waals surface area contributed by atoms with E-state index in [1.807, 2.05) is 0 Å². The third kappa shape index (κ3) is 4.12. The molecule has 0 heterocycles. The van der Waals surface area contributed by atoms with Crippen LogP contribution in [0.4, 0.5) is 0 Å². The van der Waals surface area contributed by atoms with Gasteiger partial charge < -0.3 is 0 Å². The van der Waals surface area contributed by atoms with Crippen LogP contribution in [0.3, 0.4) is 0 Å². The summed E-state index contributed by atoms with van der Waals surface area (Å²) in [6, 6.07) is 17.5. The second-order valence-corrected chi connectivity index (χ2v) is 10.5. The Labute approximate surface area is 141 Å². The average Bonchev–Trinajstić information content (AvgIpc) is 2.45. The molecule has 2 aromatic carbocycles. The van der Waals surface area contributed by atoms with Crippen molar-refractivity contribution in [3.63, 3.8) is 0 Å². The average molecular weight is 333 g/mol. The van der Waals surface area contributed by atoms with Gasteiger partial charge in [-0.25, -0.2) is 0 Å². The van der Waals surface area contributed by atoms with Gasteiger partial charge in [0.2, 0.25) is 0 Å². The Balaban J connectivity index is 2.23. The summed E-state index contributed by atoms with van der Waals surface area (Å²) in [5, 5.41) is 2.43. The van der Waals surface area contributed by atoms with Gasteiger partial charge in [-0.1, -0.05) is 101 Å². The highest BCUT2D eigenvalue weighted by atomic mass is 35.7. The molecule has 0 amide bonds. The van der Waals surface area contributed by atoms with Gasteiger partial charge in [0.1, 0.15) is 0 Å². The molecule has 0 N–H and O–H groups in total. The fraction of sp³-hybridized carbons (Fsp3) is 0.400. The minimum atomic E-state index is -0.795. The molecule has 2 rings (SSSR count). The number of benzene rings is 2. The largest absolute Gasteiger partial charge is 0.0859 e. The lowest BCUT2D eigenvalue weighted by Gasteiger charge is -2.21. The fourth-order valence-electron chi connectivity index (χ4n) is 2.33. The second-order valence-electron chi connectivity index (χ2n) is 7.87. The fourth-order valence-corrected chi connectivity index (χ4v) is 4.13. The van der Waals surface area contributed by atoms with Crippen molar-refractivity contribution >= 4 is 29.1 Å². The molecule has 0 radical (unpaired) electrons. The molecule has 118 valence electrons. The van der Waals surface area contributed by atoms with Gasteiger partial charge in [-0.05, 0) is 32.6 Å². The van der Waals surface area contributed by atoms with Crippen LogP contribution in [-0.2, 0) is 10.8 Å². The minimum Gasteiger partial charge on any atom is -0.0859 e. The van der Waals surface area contributed by atoms with Crippen molar-refractivity contribution in [3.8, 4) is 0 Å². The summed E-state index contributed by atoms with van der Waals surface area (Å²) in [7, 11) is -0.795. The SMILES string of the molecule is CC(C)(C)c1ccc(P(Cl)c2ccc(C(C)(C)C)cc2)cc1. The predicted octanol–water partition coefficient (Wildman–Crippen LogP) is 5.87. The lowest BCUT2D eigenvalue weighted by Crippen LogP contribution is -2.15. The summed E-state index contributed by atoms with van der Waals surface area (Å²) in [4.78, 5) is 0. The number of rotatable bonds is 2. The van der Waals surface area contributed by atoms with Crippen LogP contribution in [0.2, 0.25) is 0 Å². The Morgan fingerprint density at radius 2 is 0.864 bits per heavy atom. The van der Waals surface area contributed by atoms with Crippen LogP contribution >= 0.6 is 18.5 Å². The Morgan fingerprint density at radius 1 is 0.591 bits per heavy atom. The quantitative estimate of drug-likeness (QED) is 0.603. The molecule has 0 saturated heterocycles. The first kappa shape index (κ1) is 17.5. The predicted molar refractivity (Wildman–Crippen MR) is 102 cm³/mol. The van der Waals surface area contributed by atoms with Gasteiger partial charge >= 0.3 is 0 Å². The van der Waals surface area contributed by atoms with E-state index < -0.39 is 7.27 Å². The summed E-state index contributed by atoms with van der Waals surface area (Å²) in [5.74, 6) is 0. The maximum atomic E-state index is 6.73. The summed E-state index contributed by atoms with van der Waals surface area (Å²) >= 11 is 6.73. The van der Waals surface area contributed by atoms with E-state index in [0.717, 1.165) is 0 Å². The molecule has 0 saturated carbocycles. The molecule has 0 unspecified atom stereocenters. The van der Waals surface area contributed by atoms with E-state index in [0.29, 0.717) is 0 Å². The molecule has 2 heteroatoms. The maximum Gasteiger partial charge on any atom is 0.0524 e. The van der Waals surface area contributed by atoms with Crippen molar-refractivity contribution in [2.24, 2.45) is 0 Å². The van der Waals surface area contributed by atoms with Crippen molar-refractivity contribution in [1.29, 1.82) is 0 Å². The van der Waals surface area contributed by atoms with Crippen LogP contribution in [0.1, 0.15) is 52.7 Å². The van der Waals surface area contributed by atoms with Crippen molar-refractivity contribution in [2.45, 2.75) is 52.4 Å². The lowest BCUT2D eigenvalue weighted by atomic mass is 9.87. The summed E-state index contributed by atoms with van der Waals surface area (Å²) in [6.45, 7) is 13.4. The zero-order valence-electron chi connectivity index (χ0n) is 14.4. The van der Waals surface area contributed by atoms with E-state index in [2.05, 4.69) is 90.1 Å². The highest BCUT2D eigenvalue weighted by Crippen LogP contribution is 2.39. The molecule has 0 aliphatic heterocycles. The van der Waals surface area contributed by atoms with Crippen LogP contribution in [-0.4, -0.2) is 0 Å². The monoisotopic (exact) mass is 332 g/mol. The van der Waals surface area contributed by atoms with E-state index >= 15 is 0 Å². The van der Waals surface area contributed by atoms with Gasteiger partial charge in [-0.15, -0.1) is 0 Å². The zero-order chi connectivity index (χ0) is 16.5. The normalized spacial score (nSPS) is 12.7. The van der Waals surface area contributed by atoms with E-state index in [1.54, 1.807) is 0 Å². The summed E-state index contributed by atoms with van der Waals surface area (Å²) in [5.41, 5.74) is 3.06. The van der Waals surface area contributed by atoms with Gasteiger partial charge in [-0.3, -0.25) is 0 Å². The molecular weight excluding hydrogens is 307 g/mol. The highest BCUT2D eigenvalue weighted by molar-refractivity contribution is 7.95. The Bertz CT molecular complexity index is 555. The molecule has 2 aromatic rings. The van der Waals surface area contributed by atoms with Crippen LogP contribution < -0.4 is 10.6 Å². The van der Waals surface area contributed by atoms with Crippen molar-refractivity contribution in [1.82, 2.24) is 0 Å². The van der Waals surface area contributed by atoms with E-state index in [9.17, 15) is 0 Å². The second kappa shape index (κ2) is 6.34. The molecular formula is C20H26ClP. The van der Waals surface area contributed by atoms with Gasteiger partial charge in [-0.2, -0.15) is 0 Å². The van der Waals surface area contributed by atoms with Gasteiger partial charge in [0.05, 0.1) is 7.27 Å². The summed E-state index contributed by atoms with van der Waals surface area (Å²) < 4.78 is 0. The molecule has 0 atom stereocenters. The smallest absolute Gasteiger partial charge is 0.0524 e. The molecule has 0 nitrogen and oxygen atoms in total. The molecule has 0 aliphatic carbocycles. The molecule has 0 spiro atoms. The van der Waals surface area contributed by atoms with Gasteiger partial charge in [0.15, 0.2) is 0 Å². The third-order valence-electron chi connectivity index (χ3n) is 3.92. The van der Waals surface area contributed by atoms with E-state index in [4.69, 9.17) is 11.2 Å². The number of hydrogen-bond acceptors (Lipinski definition) is 0. The maximum absolute atomic E-state index is 6.73. The molecule has 22 heavy (non-hydrogen) atoms. The molecule has 0 fully saturated rings. The summed E-state index contributed by atoms with van der Waals surface area (Å²) in [6.07, 6.45) is 0. The molecule has 0 aromatic heterocycles. The van der Waals surface area contributed by atoms with Crippen molar-refractivity contribution in [2.75, 3.05) is 0 Å². The first-order valence-corrected chi connectivity index (χ1v) is 10.0. The minimum absolute atomic E-state index is 0.182. The number of halogens is 1. The Kier molecular flexibility index (Phi) is 5.05. The van der Waals surface area contributed by atoms with Crippen LogP contribution in [0.15, 0.2) is 48.5 Å².